The van der Waals surface area contributed by atoms with Gasteiger partial charge in [0.2, 0.25) is 0 Å². The van der Waals surface area contributed by atoms with E-state index in [0.29, 0.717) is 0 Å². The Labute approximate surface area is 93.9 Å². The molecule has 0 bridgehead atoms. The molecule has 0 saturated heterocycles. The SMILES string of the molecule is Cc1ccc(-c2c[nH]c(=O)c(N)c2)c(C)c1. The zero-order valence-electron chi connectivity index (χ0n) is 9.37. The maximum Gasteiger partial charge on any atom is 0.271 e. The zero-order chi connectivity index (χ0) is 11.7. The molecule has 0 saturated carbocycles. The molecule has 0 atom stereocenters. The molecule has 0 aliphatic heterocycles. The summed E-state index contributed by atoms with van der Waals surface area (Å²) in [5.41, 5.74) is 10.0. The normalized spacial score (nSPS) is 10.4. The van der Waals surface area contributed by atoms with Gasteiger partial charge in [0.05, 0.1) is 5.69 Å². The summed E-state index contributed by atoms with van der Waals surface area (Å²) in [7, 11) is 0. The molecular weight excluding hydrogens is 200 g/mol. The van der Waals surface area contributed by atoms with E-state index in [1.54, 1.807) is 12.3 Å². The number of nitrogens with two attached hydrogens (primary N) is 1. The number of aromatic amines is 1. The highest BCUT2D eigenvalue weighted by Gasteiger charge is 2.03. The second-order valence-corrected chi connectivity index (χ2v) is 3.99. The average Bonchev–Trinajstić information content (AvgIpc) is 2.22. The van der Waals surface area contributed by atoms with E-state index in [2.05, 4.69) is 18.0 Å². The highest BCUT2D eigenvalue weighted by atomic mass is 16.1. The first-order valence-electron chi connectivity index (χ1n) is 5.14. The van der Waals surface area contributed by atoms with Gasteiger partial charge in [-0.25, -0.2) is 0 Å². The van der Waals surface area contributed by atoms with E-state index in [1.165, 1.54) is 11.1 Å². The molecule has 2 rings (SSSR count). The minimum atomic E-state index is -0.242. The lowest BCUT2D eigenvalue weighted by Gasteiger charge is -2.07. The predicted molar refractivity (Wildman–Crippen MR) is 66.4 cm³/mol. The largest absolute Gasteiger partial charge is 0.394 e. The fourth-order valence-electron chi connectivity index (χ4n) is 1.79. The summed E-state index contributed by atoms with van der Waals surface area (Å²) in [6.07, 6.45) is 1.69. The van der Waals surface area contributed by atoms with Crippen LogP contribution in [0.5, 0.6) is 0 Å². The number of nitrogens with one attached hydrogen (secondary N) is 1. The van der Waals surface area contributed by atoms with Crippen LogP contribution in [0.2, 0.25) is 0 Å². The number of H-pyrrole nitrogens is 1. The van der Waals surface area contributed by atoms with Gasteiger partial charge in [-0.3, -0.25) is 4.79 Å². The molecule has 82 valence electrons. The first kappa shape index (κ1) is 10.5. The number of hydrogen-bond acceptors (Lipinski definition) is 2. The first-order valence-corrected chi connectivity index (χ1v) is 5.14. The molecule has 3 N–H and O–H groups in total. The molecule has 0 amide bonds. The molecule has 1 aromatic heterocycles. The van der Waals surface area contributed by atoms with E-state index in [-0.39, 0.29) is 11.2 Å². The number of nitrogen functional groups attached to an aromatic ring is 1. The third-order valence-corrected chi connectivity index (χ3v) is 2.62. The average molecular weight is 214 g/mol. The summed E-state index contributed by atoms with van der Waals surface area (Å²) in [5, 5.41) is 0. The van der Waals surface area contributed by atoms with Crippen LogP contribution in [0.1, 0.15) is 11.1 Å². The van der Waals surface area contributed by atoms with Gasteiger partial charge in [-0.05, 0) is 31.0 Å². The van der Waals surface area contributed by atoms with Gasteiger partial charge in [0, 0.05) is 11.8 Å². The minimum Gasteiger partial charge on any atom is -0.394 e. The van der Waals surface area contributed by atoms with Gasteiger partial charge in [0.15, 0.2) is 0 Å². The Bertz CT molecular complexity index is 585. The maximum atomic E-state index is 11.2. The second kappa shape index (κ2) is 3.85. The first-order chi connectivity index (χ1) is 7.58. The number of anilines is 1. The number of benzene rings is 1. The molecule has 0 fully saturated rings. The van der Waals surface area contributed by atoms with Crippen molar-refractivity contribution < 1.29 is 0 Å². The Hall–Kier alpha value is -2.03. The van der Waals surface area contributed by atoms with Crippen molar-refractivity contribution in [1.82, 2.24) is 4.98 Å². The topological polar surface area (TPSA) is 58.9 Å². The van der Waals surface area contributed by atoms with Crippen molar-refractivity contribution in [2.45, 2.75) is 13.8 Å². The van der Waals surface area contributed by atoms with Gasteiger partial charge in [-0.1, -0.05) is 23.8 Å². The Kier molecular flexibility index (Phi) is 2.52. The van der Waals surface area contributed by atoms with E-state index in [0.717, 1.165) is 11.1 Å². The summed E-state index contributed by atoms with van der Waals surface area (Å²) in [4.78, 5) is 13.8. The van der Waals surface area contributed by atoms with Crippen LogP contribution in [0.3, 0.4) is 0 Å². The molecule has 2 aromatic rings. The standard InChI is InChI=1S/C13H14N2O/c1-8-3-4-11(9(2)5-8)10-6-12(14)13(16)15-7-10/h3-7H,14H2,1-2H3,(H,15,16). The lowest BCUT2D eigenvalue weighted by atomic mass is 10.00. The van der Waals surface area contributed by atoms with Gasteiger partial charge >= 0.3 is 0 Å². The fourth-order valence-corrected chi connectivity index (χ4v) is 1.79. The highest BCUT2D eigenvalue weighted by molar-refractivity contribution is 5.69. The van der Waals surface area contributed by atoms with E-state index in [1.807, 2.05) is 19.1 Å². The van der Waals surface area contributed by atoms with Crippen molar-refractivity contribution >= 4 is 5.69 Å². The third kappa shape index (κ3) is 1.84. The van der Waals surface area contributed by atoms with Crippen molar-refractivity contribution in [3.05, 3.63) is 51.9 Å². The maximum absolute atomic E-state index is 11.2. The number of hydrogen-bond donors (Lipinski definition) is 2. The molecule has 1 heterocycles. The van der Waals surface area contributed by atoms with Gasteiger partial charge < -0.3 is 10.7 Å². The Morgan fingerprint density at radius 1 is 1.19 bits per heavy atom. The third-order valence-electron chi connectivity index (χ3n) is 2.62. The Morgan fingerprint density at radius 2 is 1.94 bits per heavy atom. The molecule has 1 aromatic carbocycles. The molecule has 0 spiro atoms. The molecule has 3 nitrogen and oxygen atoms in total. The Morgan fingerprint density at radius 3 is 2.56 bits per heavy atom. The molecule has 0 radical (unpaired) electrons. The molecule has 16 heavy (non-hydrogen) atoms. The van der Waals surface area contributed by atoms with Gasteiger partial charge in [0.25, 0.3) is 5.56 Å². The molecular formula is C13H14N2O. The van der Waals surface area contributed by atoms with Crippen molar-refractivity contribution in [2.75, 3.05) is 5.73 Å². The number of pyridine rings is 1. The van der Waals surface area contributed by atoms with E-state index >= 15 is 0 Å². The summed E-state index contributed by atoms with van der Waals surface area (Å²) in [5.74, 6) is 0. The fraction of sp³-hybridized carbons (Fsp3) is 0.154. The van der Waals surface area contributed by atoms with Crippen LogP contribution in [-0.4, -0.2) is 4.98 Å². The monoisotopic (exact) mass is 214 g/mol. The minimum absolute atomic E-state index is 0.242. The van der Waals surface area contributed by atoms with Crippen molar-refractivity contribution in [1.29, 1.82) is 0 Å². The number of rotatable bonds is 1. The Balaban J connectivity index is 2.59. The zero-order valence-corrected chi connectivity index (χ0v) is 9.37. The van der Waals surface area contributed by atoms with Crippen molar-refractivity contribution in [3.63, 3.8) is 0 Å². The quantitative estimate of drug-likeness (QED) is 0.764. The highest BCUT2D eigenvalue weighted by Crippen LogP contribution is 2.23. The van der Waals surface area contributed by atoms with Gasteiger partial charge in [-0.15, -0.1) is 0 Å². The van der Waals surface area contributed by atoms with Crippen LogP contribution >= 0.6 is 0 Å². The number of aryl methyl sites for hydroxylation is 2. The lowest BCUT2D eigenvalue weighted by Crippen LogP contribution is -2.10. The van der Waals surface area contributed by atoms with E-state index < -0.39 is 0 Å². The molecule has 0 aliphatic rings. The van der Waals surface area contributed by atoms with Crippen LogP contribution in [0.15, 0.2) is 35.3 Å². The second-order valence-electron chi connectivity index (χ2n) is 3.99. The molecule has 0 unspecified atom stereocenters. The molecule has 0 aliphatic carbocycles. The van der Waals surface area contributed by atoms with Crippen LogP contribution < -0.4 is 11.3 Å². The van der Waals surface area contributed by atoms with Crippen LogP contribution in [0, 0.1) is 13.8 Å². The van der Waals surface area contributed by atoms with Crippen LogP contribution in [0.4, 0.5) is 5.69 Å². The number of aromatic nitrogens is 1. The smallest absolute Gasteiger partial charge is 0.271 e. The van der Waals surface area contributed by atoms with E-state index in [4.69, 9.17) is 5.73 Å². The summed E-state index contributed by atoms with van der Waals surface area (Å²) < 4.78 is 0. The van der Waals surface area contributed by atoms with Crippen LogP contribution in [0.25, 0.3) is 11.1 Å². The van der Waals surface area contributed by atoms with Gasteiger partial charge in [-0.2, -0.15) is 0 Å². The summed E-state index contributed by atoms with van der Waals surface area (Å²) in [6, 6.07) is 7.90. The van der Waals surface area contributed by atoms with Crippen LogP contribution in [-0.2, 0) is 0 Å². The summed E-state index contributed by atoms with van der Waals surface area (Å²) in [6.45, 7) is 4.10. The predicted octanol–water partition coefficient (Wildman–Crippen LogP) is 2.24. The summed E-state index contributed by atoms with van der Waals surface area (Å²) >= 11 is 0. The van der Waals surface area contributed by atoms with Gasteiger partial charge in [0.1, 0.15) is 0 Å². The lowest BCUT2D eigenvalue weighted by molar-refractivity contribution is 1.24. The van der Waals surface area contributed by atoms with E-state index in [9.17, 15) is 4.79 Å². The molecule has 3 heteroatoms. The van der Waals surface area contributed by atoms with Crippen molar-refractivity contribution in [3.8, 4) is 11.1 Å². The van der Waals surface area contributed by atoms with Crippen molar-refractivity contribution in [2.24, 2.45) is 0 Å².